The van der Waals surface area contributed by atoms with Crippen LogP contribution in [0.5, 0.6) is 0 Å². The van der Waals surface area contributed by atoms with E-state index in [0.29, 0.717) is 0 Å². The average molecular weight is 96.1 g/mol. The molecule has 2 atom stereocenters. The second-order valence-electron chi connectivity index (χ2n) is 2.31. The van der Waals surface area contributed by atoms with Gasteiger partial charge < -0.3 is 0 Å². The van der Waals surface area contributed by atoms with Gasteiger partial charge in [-0.05, 0) is 6.42 Å². The summed E-state index contributed by atoms with van der Waals surface area (Å²) in [6.07, 6.45) is 3.39. The minimum atomic E-state index is 0.792. The van der Waals surface area contributed by atoms with Crippen molar-refractivity contribution < 1.29 is 0 Å². The molecule has 0 aromatic heterocycles. The molecule has 1 fully saturated rings. The Kier molecular flexibility index (Phi) is 0.412. The number of rotatable bonds is 0. The highest BCUT2D eigenvalue weighted by Crippen LogP contribution is 2.37. The van der Waals surface area contributed by atoms with E-state index in [1.54, 1.807) is 0 Å². The highest BCUT2D eigenvalue weighted by Gasteiger charge is 2.42. The Labute approximate surface area is 42.8 Å². The van der Waals surface area contributed by atoms with Crippen molar-refractivity contribution in [3.05, 3.63) is 0 Å². The van der Waals surface area contributed by atoms with E-state index < -0.39 is 0 Å². The maximum atomic E-state index is 4.08. The minimum Gasteiger partial charge on any atom is -0.297 e. The summed E-state index contributed by atoms with van der Waals surface area (Å²) < 4.78 is 0. The number of fused-ring (bicyclic) bond motifs is 1. The molecule has 0 bridgehead atoms. The molecule has 2 nitrogen and oxygen atoms in total. The first kappa shape index (κ1) is 3.47. The van der Waals surface area contributed by atoms with Crippen LogP contribution in [0.1, 0.15) is 6.42 Å². The largest absolute Gasteiger partial charge is 0.297 e. The Bertz CT molecular complexity index is 119. The van der Waals surface area contributed by atoms with Crippen LogP contribution in [-0.4, -0.2) is 24.3 Å². The third-order valence-electron chi connectivity index (χ3n) is 1.72. The lowest BCUT2D eigenvalue weighted by Gasteiger charge is -2.04. The van der Waals surface area contributed by atoms with E-state index in [-0.39, 0.29) is 0 Å². The van der Waals surface area contributed by atoms with Crippen LogP contribution in [0.3, 0.4) is 0 Å². The van der Waals surface area contributed by atoms with Crippen molar-refractivity contribution in [3.63, 3.8) is 0 Å². The van der Waals surface area contributed by atoms with Crippen LogP contribution < -0.4 is 0 Å². The van der Waals surface area contributed by atoms with Gasteiger partial charge in [-0.25, -0.2) is 0 Å². The molecule has 1 heterocycles. The van der Waals surface area contributed by atoms with Gasteiger partial charge in [-0.3, -0.25) is 5.01 Å². The van der Waals surface area contributed by atoms with Crippen LogP contribution in [-0.2, 0) is 0 Å². The standard InChI is InChI=1S/C5H8N2/c1-7-5-2-4(5)3-6-7/h3-5H,2H2,1H3/t4-,5?/m1/s1. The zero-order valence-electron chi connectivity index (χ0n) is 4.33. The van der Waals surface area contributed by atoms with Crippen LogP contribution in [0, 0.1) is 5.92 Å². The Morgan fingerprint density at radius 3 is 2.86 bits per heavy atom. The summed E-state index contributed by atoms with van der Waals surface area (Å²) >= 11 is 0. The van der Waals surface area contributed by atoms with E-state index in [1.165, 1.54) is 6.42 Å². The molecule has 1 aliphatic heterocycles. The van der Waals surface area contributed by atoms with E-state index in [9.17, 15) is 0 Å². The van der Waals surface area contributed by atoms with Gasteiger partial charge in [-0.2, -0.15) is 5.10 Å². The lowest BCUT2D eigenvalue weighted by Crippen LogP contribution is -2.09. The molecule has 7 heavy (non-hydrogen) atoms. The lowest BCUT2D eigenvalue weighted by molar-refractivity contribution is 0.357. The van der Waals surface area contributed by atoms with Gasteiger partial charge in [0, 0.05) is 19.2 Å². The number of nitrogens with zero attached hydrogens (tertiary/aromatic N) is 2. The van der Waals surface area contributed by atoms with Gasteiger partial charge in [0.05, 0.1) is 6.04 Å². The summed E-state index contributed by atoms with van der Waals surface area (Å²) in [6.45, 7) is 0. The Morgan fingerprint density at radius 1 is 1.86 bits per heavy atom. The van der Waals surface area contributed by atoms with Crippen molar-refractivity contribution in [2.24, 2.45) is 11.0 Å². The number of hydrogen-bond acceptors (Lipinski definition) is 2. The first-order valence-electron chi connectivity index (χ1n) is 2.65. The predicted molar refractivity (Wildman–Crippen MR) is 28.1 cm³/mol. The van der Waals surface area contributed by atoms with Crippen LogP contribution >= 0.6 is 0 Å². The molecule has 0 aromatic rings. The molecule has 2 aliphatic rings. The molecule has 38 valence electrons. The Morgan fingerprint density at radius 2 is 2.71 bits per heavy atom. The van der Waals surface area contributed by atoms with Gasteiger partial charge in [0.15, 0.2) is 0 Å². The molecule has 0 radical (unpaired) electrons. The van der Waals surface area contributed by atoms with Crippen LogP contribution in [0.15, 0.2) is 5.10 Å². The van der Waals surface area contributed by atoms with Crippen LogP contribution in [0.4, 0.5) is 0 Å². The van der Waals surface area contributed by atoms with Crippen LogP contribution in [0.2, 0.25) is 0 Å². The normalized spacial score (nSPS) is 44.4. The summed E-state index contributed by atoms with van der Waals surface area (Å²) in [4.78, 5) is 0. The second kappa shape index (κ2) is 0.831. The summed E-state index contributed by atoms with van der Waals surface area (Å²) in [6, 6.07) is 0.792. The zero-order chi connectivity index (χ0) is 4.85. The molecule has 1 unspecified atom stereocenters. The van der Waals surface area contributed by atoms with Crippen molar-refractivity contribution in [2.45, 2.75) is 12.5 Å². The molecular formula is C5H8N2. The van der Waals surface area contributed by atoms with E-state index in [1.807, 2.05) is 18.3 Å². The topological polar surface area (TPSA) is 15.6 Å². The Hall–Kier alpha value is -0.530. The summed E-state index contributed by atoms with van der Waals surface area (Å²) in [5.41, 5.74) is 0. The third-order valence-corrected chi connectivity index (χ3v) is 1.72. The molecule has 0 aromatic carbocycles. The van der Waals surface area contributed by atoms with Gasteiger partial charge in [-0.1, -0.05) is 0 Å². The summed E-state index contributed by atoms with van der Waals surface area (Å²) in [5, 5.41) is 6.12. The molecule has 2 rings (SSSR count). The zero-order valence-corrected chi connectivity index (χ0v) is 4.33. The average Bonchev–Trinajstić information content (AvgIpc) is 2.33. The van der Waals surface area contributed by atoms with E-state index in [2.05, 4.69) is 5.10 Å². The minimum absolute atomic E-state index is 0.792. The highest BCUT2D eigenvalue weighted by molar-refractivity contribution is 5.68. The van der Waals surface area contributed by atoms with Gasteiger partial charge in [-0.15, -0.1) is 0 Å². The molecule has 2 heteroatoms. The number of hydrogen-bond donors (Lipinski definition) is 0. The van der Waals surface area contributed by atoms with Crippen molar-refractivity contribution in [3.8, 4) is 0 Å². The van der Waals surface area contributed by atoms with Crippen molar-refractivity contribution in [1.82, 2.24) is 5.01 Å². The molecule has 0 N–H and O–H groups in total. The van der Waals surface area contributed by atoms with Gasteiger partial charge >= 0.3 is 0 Å². The number of hydrazone groups is 1. The first-order chi connectivity index (χ1) is 3.38. The monoisotopic (exact) mass is 96.1 g/mol. The maximum absolute atomic E-state index is 4.08. The van der Waals surface area contributed by atoms with Crippen LogP contribution in [0.25, 0.3) is 0 Å². The fraction of sp³-hybridized carbons (Fsp3) is 0.800. The van der Waals surface area contributed by atoms with Gasteiger partial charge in [0.2, 0.25) is 0 Å². The van der Waals surface area contributed by atoms with E-state index in [0.717, 1.165) is 12.0 Å². The molecule has 1 saturated carbocycles. The van der Waals surface area contributed by atoms with Crippen molar-refractivity contribution in [1.29, 1.82) is 0 Å². The quantitative estimate of drug-likeness (QED) is 0.423. The van der Waals surface area contributed by atoms with Gasteiger partial charge in [0.25, 0.3) is 0 Å². The van der Waals surface area contributed by atoms with E-state index >= 15 is 0 Å². The highest BCUT2D eigenvalue weighted by atomic mass is 15.5. The smallest absolute Gasteiger partial charge is 0.0553 e. The van der Waals surface area contributed by atoms with E-state index in [4.69, 9.17) is 0 Å². The first-order valence-corrected chi connectivity index (χ1v) is 2.65. The molecule has 0 spiro atoms. The van der Waals surface area contributed by atoms with Crippen molar-refractivity contribution >= 4 is 6.21 Å². The fourth-order valence-electron chi connectivity index (χ4n) is 1.07. The second-order valence-corrected chi connectivity index (χ2v) is 2.31. The molecular weight excluding hydrogens is 88.1 g/mol. The van der Waals surface area contributed by atoms with Crippen molar-refractivity contribution in [2.75, 3.05) is 7.05 Å². The maximum Gasteiger partial charge on any atom is 0.0553 e. The molecule has 0 amide bonds. The fourth-order valence-corrected chi connectivity index (χ4v) is 1.07. The molecule has 0 saturated heterocycles. The lowest BCUT2D eigenvalue weighted by atomic mass is 10.5. The SMILES string of the molecule is CN1N=C[C@H]2CC21. The van der Waals surface area contributed by atoms with Gasteiger partial charge in [0.1, 0.15) is 0 Å². The third kappa shape index (κ3) is 0.315. The Balaban J connectivity index is 2.22. The summed E-state index contributed by atoms with van der Waals surface area (Å²) in [5.74, 6) is 0.824. The molecule has 1 aliphatic carbocycles. The predicted octanol–water partition coefficient (Wildman–Crippen LogP) is 0.306. The summed E-state index contributed by atoms with van der Waals surface area (Å²) in [7, 11) is 2.04.